The van der Waals surface area contributed by atoms with Crippen LogP contribution in [0.5, 0.6) is 0 Å². The fourth-order valence-electron chi connectivity index (χ4n) is 0.352. The molecule has 7 heavy (non-hydrogen) atoms. The Morgan fingerprint density at radius 3 is 2.29 bits per heavy atom. The van der Waals surface area contributed by atoms with Gasteiger partial charge in [0.2, 0.25) is 0 Å². The van der Waals surface area contributed by atoms with E-state index in [0.717, 1.165) is 4.43 Å². The predicted molar refractivity (Wildman–Crippen MR) is 47.4 cm³/mol. The second-order valence-electron chi connectivity index (χ2n) is 1.69. The molecule has 1 atom stereocenters. The van der Waals surface area contributed by atoms with Crippen LogP contribution >= 0.6 is 28.2 Å². The van der Waals surface area contributed by atoms with Gasteiger partial charge in [-0.05, 0) is 0 Å². The molecule has 0 saturated carbocycles. The van der Waals surface area contributed by atoms with E-state index in [1.165, 1.54) is 0 Å². The van der Waals surface area contributed by atoms with Crippen molar-refractivity contribution in [1.82, 2.24) is 0 Å². The van der Waals surface area contributed by atoms with Crippen LogP contribution in [-0.2, 0) is 0 Å². The Kier molecular flexibility index (Phi) is 4.56. The first-order chi connectivity index (χ1) is 3.13. The maximum absolute atomic E-state index is 5.48. The van der Waals surface area contributed by atoms with Crippen molar-refractivity contribution in [3.8, 4) is 0 Å². The predicted octanol–water partition coefficient (Wildman–Crippen LogP) is 1.31. The van der Waals surface area contributed by atoms with Gasteiger partial charge in [-0.15, -0.1) is 0 Å². The van der Waals surface area contributed by atoms with E-state index in [1.807, 2.05) is 6.92 Å². The molecule has 0 fully saturated rings. The minimum absolute atomic E-state index is 0.368. The molecular formula is C4H12INS. The third-order valence-corrected chi connectivity index (χ3v) is 4.06. The zero-order valence-corrected chi connectivity index (χ0v) is 7.74. The Hall–Kier alpha value is 1.04. The third kappa shape index (κ3) is 7.04. The first-order valence-electron chi connectivity index (χ1n) is 2.13. The summed E-state index contributed by atoms with van der Waals surface area (Å²) in [5.41, 5.74) is 5.48. The Morgan fingerprint density at radius 2 is 2.29 bits per heavy atom. The molecule has 0 rings (SSSR count). The molecule has 0 aromatic heterocycles. The van der Waals surface area contributed by atoms with E-state index >= 15 is 0 Å². The van der Waals surface area contributed by atoms with Gasteiger partial charge in [0.25, 0.3) is 0 Å². The molecule has 0 bridgehead atoms. The molecule has 1 nitrogen and oxygen atoms in total. The van der Waals surface area contributed by atoms with Crippen molar-refractivity contribution < 1.29 is 0 Å². The average molecular weight is 233 g/mol. The van der Waals surface area contributed by atoms with Crippen molar-refractivity contribution in [2.24, 2.45) is 5.73 Å². The fraction of sp³-hybridized carbons (Fsp3) is 1.00. The molecule has 0 heterocycles. The quantitative estimate of drug-likeness (QED) is 0.420. The van der Waals surface area contributed by atoms with E-state index in [0.29, 0.717) is 6.04 Å². The van der Waals surface area contributed by atoms with Gasteiger partial charge < -0.3 is 0 Å². The van der Waals surface area contributed by atoms with Gasteiger partial charge in [-0.1, -0.05) is 0 Å². The SMILES string of the molecule is CC(N)CI(C)S. The Morgan fingerprint density at radius 1 is 1.86 bits per heavy atom. The standard InChI is InChI=1S/C4H12INS/c1-4(6)3-5(2)7/h4,7H,3,6H2,1-2H3. The molecule has 0 amide bonds. The fourth-order valence-corrected chi connectivity index (χ4v) is 3.82. The molecule has 46 valence electrons. The number of nitrogens with two attached hydrogens (primary N) is 1. The molecule has 0 aliphatic carbocycles. The van der Waals surface area contributed by atoms with Gasteiger partial charge in [-0.25, -0.2) is 0 Å². The number of halogens is 1. The Bertz CT molecular complexity index is 41.0. The zero-order valence-electron chi connectivity index (χ0n) is 4.69. The molecule has 0 aromatic carbocycles. The van der Waals surface area contributed by atoms with Gasteiger partial charge in [-0.2, -0.15) is 0 Å². The van der Waals surface area contributed by atoms with Crippen molar-refractivity contribution in [3.63, 3.8) is 0 Å². The van der Waals surface area contributed by atoms with Crippen molar-refractivity contribution in [2.75, 3.05) is 9.36 Å². The van der Waals surface area contributed by atoms with Crippen LogP contribution in [0.25, 0.3) is 0 Å². The molecule has 0 aromatic rings. The van der Waals surface area contributed by atoms with Crippen LogP contribution in [-0.4, -0.2) is 15.4 Å². The number of rotatable bonds is 2. The second kappa shape index (κ2) is 3.97. The van der Waals surface area contributed by atoms with Crippen LogP contribution in [0.4, 0.5) is 0 Å². The van der Waals surface area contributed by atoms with Crippen molar-refractivity contribution in [2.45, 2.75) is 13.0 Å². The van der Waals surface area contributed by atoms with Crippen LogP contribution < -0.4 is 5.73 Å². The Labute approximate surface area is 56.3 Å². The molecule has 0 saturated heterocycles. The van der Waals surface area contributed by atoms with Crippen LogP contribution in [0.15, 0.2) is 0 Å². The summed E-state index contributed by atoms with van der Waals surface area (Å²) in [6.45, 7) is 2.03. The van der Waals surface area contributed by atoms with E-state index < -0.39 is 18.4 Å². The molecule has 0 aliphatic rings. The first-order valence-corrected chi connectivity index (χ1v) is 9.05. The number of hydrogen-bond donors (Lipinski definition) is 2. The molecule has 0 radical (unpaired) electrons. The minimum atomic E-state index is -0.800. The van der Waals surface area contributed by atoms with Crippen molar-refractivity contribution >= 4 is 28.2 Å². The monoisotopic (exact) mass is 233 g/mol. The van der Waals surface area contributed by atoms with E-state index in [4.69, 9.17) is 5.73 Å². The van der Waals surface area contributed by atoms with Gasteiger partial charge >= 0.3 is 56.3 Å². The van der Waals surface area contributed by atoms with Gasteiger partial charge in [-0.3, -0.25) is 0 Å². The summed E-state index contributed by atoms with van der Waals surface area (Å²) in [6.07, 6.45) is 0. The number of thiol groups is 1. The van der Waals surface area contributed by atoms with E-state index in [1.54, 1.807) is 0 Å². The molecular weight excluding hydrogens is 221 g/mol. The Balaban J connectivity index is 2.95. The van der Waals surface area contributed by atoms with Crippen LogP contribution in [0.1, 0.15) is 6.92 Å². The van der Waals surface area contributed by atoms with Gasteiger partial charge in [0.1, 0.15) is 0 Å². The van der Waals surface area contributed by atoms with Crippen molar-refractivity contribution in [1.29, 1.82) is 0 Å². The van der Waals surface area contributed by atoms with E-state index in [9.17, 15) is 0 Å². The van der Waals surface area contributed by atoms with Gasteiger partial charge in [0.05, 0.1) is 0 Å². The molecule has 0 spiro atoms. The molecule has 3 heteroatoms. The topological polar surface area (TPSA) is 26.0 Å². The van der Waals surface area contributed by atoms with Gasteiger partial charge in [0.15, 0.2) is 0 Å². The summed E-state index contributed by atoms with van der Waals surface area (Å²) < 4.78 is 1.16. The third-order valence-electron chi connectivity index (χ3n) is 0.467. The molecule has 2 N–H and O–H groups in total. The molecule has 0 aliphatic heterocycles. The summed E-state index contributed by atoms with van der Waals surface area (Å²) in [6, 6.07) is 0.368. The summed E-state index contributed by atoms with van der Waals surface area (Å²) in [4.78, 5) is 2.20. The number of hydrogen-bond acceptors (Lipinski definition) is 2. The molecule has 1 unspecified atom stereocenters. The van der Waals surface area contributed by atoms with Crippen LogP contribution in [0.3, 0.4) is 0 Å². The first kappa shape index (κ1) is 8.04. The summed E-state index contributed by atoms with van der Waals surface area (Å²) in [5, 5.41) is 0. The second-order valence-corrected chi connectivity index (χ2v) is 9.61. The van der Waals surface area contributed by atoms with Crippen molar-refractivity contribution in [3.05, 3.63) is 0 Å². The zero-order chi connectivity index (χ0) is 5.86. The number of alkyl halides is 2. The summed E-state index contributed by atoms with van der Waals surface area (Å²) >= 11 is -0.800. The average Bonchev–Trinajstić information content (AvgIpc) is 1.27. The van der Waals surface area contributed by atoms with E-state index in [2.05, 4.69) is 14.7 Å². The van der Waals surface area contributed by atoms with Gasteiger partial charge in [0, 0.05) is 0 Å². The summed E-state index contributed by atoms with van der Waals surface area (Å²) in [5.74, 6) is 0. The van der Waals surface area contributed by atoms with Crippen LogP contribution in [0, 0.1) is 0 Å². The van der Waals surface area contributed by atoms with Crippen LogP contribution in [0.2, 0.25) is 0 Å². The summed E-state index contributed by atoms with van der Waals surface area (Å²) in [7, 11) is 4.31. The normalized spacial score (nSPS) is 16.3. The maximum atomic E-state index is 5.48. The van der Waals surface area contributed by atoms with E-state index in [-0.39, 0.29) is 0 Å².